The maximum Gasteiger partial charge on any atom is 0.253 e. The summed E-state index contributed by atoms with van der Waals surface area (Å²) >= 11 is 5.82. The fraction of sp³-hybridized carbons (Fsp3) is 0.500. The molecule has 2 aliphatic carbocycles. The van der Waals surface area contributed by atoms with Crippen molar-refractivity contribution in [2.75, 3.05) is 12.3 Å². The molecule has 3 N–H and O–H groups in total. The molecule has 3 nitrogen and oxygen atoms in total. The van der Waals surface area contributed by atoms with Gasteiger partial charge in [0.15, 0.2) is 0 Å². The van der Waals surface area contributed by atoms with Crippen molar-refractivity contribution in [1.29, 1.82) is 0 Å². The molecule has 0 spiro atoms. The molecule has 3 rings (SSSR count). The van der Waals surface area contributed by atoms with Crippen LogP contribution in [-0.2, 0) is 0 Å². The molecule has 0 aliphatic heterocycles. The van der Waals surface area contributed by atoms with E-state index in [-0.39, 0.29) is 5.91 Å². The summed E-state index contributed by atoms with van der Waals surface area (Å²) in [4.78, 5) is 12.1. The van der Waals surface area contributed by atoms with Crippen LogP contribution in [0, 0.1) is 11.3 Å². The Balaban J connectivity index is 1.64. The standard InChI is InChI=1S/C14H17ClN2O/c15-10-3-4-11(12(16)7-10)13(18)17-8-14(5-6-14)9-1-2-9/h3-4,7,9H,1-2,5-6,8,16H2,(H,17,18). The largest absolute Gasteiger partial charge is 0.398 e. The van der Waals surface area contributed by atoms with Crippen LogP contribution in [0.15, 0.2) is 18.2 Å². The van der Waals surface area contributed by atoms with E-state index in [4.69, 9.17) is 17.3 Å². The van der Waals surface area contributed by atoms with E-state index in [1.54, 1.807) is 18.2 Å². The van der Waals surface area contributed by atoms with Crippen LogP contribution in [0.2, 0.25) is 5.02 Å². The Morgan fingerprint density at radius 1 is 1.44 bits per heavy atom. The minimum Gasteiger partial charge on any atom is -0.398 e. The summed E-state index contributed by atoms with van der Waals surface area (Å²) in [7, 11) is 0. The fourth-order valence-electron chi connectivity index (χ4n) is 2.68. The van der Waals surface area contributed by atoms with E-state index >= 15 is 0 Å². The van der Waals surface area contributed by atoms with Gasteiger partial charge in [0.2, 0.25) is 0 Å². The molecule has 0 aromatic heterocycles. The normalized spacial score (nSPS) is 20.5. The van der Waals surface area contributed by atoms with Crippen LogP contribution in [0.5, 0.6) is 0 Å². The number of halogens is 1. The van der Waals surface area contributed by atoms with Crippen LogP contribution < -0.4 is 11.1 Å². The second-order valence-corrected chi connectivity index (χ2v) is 5.99. The molecular formula is C14H17ClN2O. The highest BCUT2D eigenvalue weighted by Crippen LogP contribution is 2.60. The molecule has 0 unspecified atom stereocenters. The van der Waals surface area contributed by atoms with Crippen molar-refractivity contribution in [2.24, 2.45) is 11.3 Å². The fourth-order valence-corrected chi connectivity index (χ4v) is 2.86. The third-order valence-corrected chi connectivity index (χ3v) is 4.43. The lowest BCUT2D eigenvalue weighted by atomic mass is 10.0. The van der Waals surface area contributed by atoms with Crippen LogP contribution in [0.25, 0.3) is 0 Å². The first-order valence-corrected chi connectivity index (χ1v) is 6.82. The van der Waals surface area contributed by atoms with Gasteiger partial charge < -0.3 is 11.1 Å². The van der Waals surface area contributed by atoms with Gasteiger partial charge in [-0.1, -0.05) is 11.6 Å². The number of rotatable bonds is 4. The Bertz CT molecular complexity index is 493. The predicted octanol–water partition coefficient (Wildman–Crippen LogP) is 2.84. The molecule has 4 heteroatoms. The van der Waals surface area contributed by atoms with Crippen LogP contribution in [0.1, 0.15) is 36.0 Å². The molecule has 1 aromatic rings. The molecule has 0 saturated heterocycles. The maximum absolute atomic E-state index is 12.1. The smallest absolute Gasteiger partial charge is 0.253 e. The second kappa shape index (κ2) is 4.16. The third kappa shape index (κ3) is 2.19. The number of hydrogen-bond acceptors (Lipinski definition) is 2. The van der Waals surface area contributed by atoms with Crippen molar-refractivity contribution >= 4 is 23.2 Å². The molecular weight excluding hydrogens is 248 g/mol. The van der Waals surface area contributed by atoms with Gasteiger partial charge in [-0.25, -0.2) is 0 Å². The van der Waals surface area contributed by atoms with Gasteiger partial charge >= 0.3 is 0 Å². The van der Waals surface area contributed by atoms with Gasteiger partial charge in [0, 0.05) is 17.3 Å². The third-order valence-electron chi connectivity index (χ3n) is 4.19. The van der Waals surface area contributed by atoms with Gasteiger partial charge in [0.25, 0.3) is 5.91 Å². The van der Waals surface area contributed by atoms with E-state index in [1.807, 2.05) is 0 Å². The highest BCUT2D eigenvalue weighted by atomic mass is 35.5. The summed E-state index contributed by atoms with van der Waals surface area (Å²) < 4.78 is 0. The summed E-state index contributed by atoms with van der Waals surface area (Å²) in [6.45, 7) is 0.790. The number of carbonyl (C=O) groups is 1. The molecule has 2 aliphatic rings. The zero-order valence-corrected chi connectivity index (χ0v) is 11.0. The molecule has 0 radical (unpaired) electrons. The summed E-state index contributed by atoms with van der Waals surface area (Å²) in [6.07, 6.45) is 5.18. The lowest BCUT2D eigenvalue weighted by Gasteiger charge is -2.15. The quantitative estimate of drug-likeness (QED) is 0.822. The summed E-state index contributed by atoms with van der Waals surface area (Å²) in [6, 6.07) is 4.99. The van der Waals surface area contributed by atoms with Gasteiger partial charge in [-0.15, -0.1) is 0 Å². The van der Waals surface area contributed by atoms with Crippen molar-refractivity contribution in [2.45, 2.75) is 25.7 Å². The second-order valence-electron chi connectivity index (χ2n) is 5.55. The topological polar surface area (TPSA) is 55.1 Å². The van der Waals surface area contributed by atoms with Crippen molar-refractivity contribution in [3.05, 3.63) is 28.8 Å². The van der Waals surface area contributed by atoms with Crippen LogP contribution >= 0.6 is 11.6 Å². The van der Waals surface area contributed by atoms with Crippen molar-refractivity contribution in [3.63, 3.8) is 0 Å². The Morgan fingerprint density at radius 2 is 2.17 bits per heavy atom. The van der Waals surface area contributed by atoms with Gasteiger partial charge in [0.1, 0.15) is 0 Å². The lowest BCUT2D eigenvalue weighted by Crippen LogP contribution is -2.31. The highest BCUT2D eigenvalue weighted by molar-refractivity contribution is 6.31. The Hall–Kier alpha value is -1.22. The summed E-state index contributed by atoms with van der Waals surface area (Å²) in [5.74, 6) is 0.761. The molecule has 96 valence electrons. The number of nitrogen functional groups attached to an aromatic ring is 1. The first-order chi connectivity index (χ1) is 8.61. The SMILES string of the molecule is Nc1cc(Cl)ccc1C(=O)NCC1(C2CC2)CC1. The number of nitrogens with one attached hydrogen (secondary N) is 1. The van der Waals surface area contributed by atoms with Crippen molar-refractivity contribution < 1.29 is 4.79 Å². The maximum atomic E-state index is 12.1. The van der Waals surface area contributed by atoms with Crippen LogP contribution in [0.4, 0.5) is 5.69 Å². The van der Waals surface area contributed by atoms with Gasteiger partial charge in [-0.2, -0.15) is 0 Å². The molecule has 1 amide bonds. The van der Waals surface area contributed by atoms with Crippen LogP contribution in [-0.4, -0.2) is 12.5 Å². The number of amides is 1. The lowest BCUT2D eigenvalue weighted by molar-refractivity contribution is 0.0943. The minimum atomic E-state index is -0.0870. The van der Waals surface area contributed by atoms with Gasteiger partial charge in [0.05, 0.1) is 5.56 Å². The van der Waals surface area contributed by atoms with E-state index in [9.17, 15) is 4.79 Å². The predicted molar refractivity (Wildman–Crippen MR) is 72.6 cm³/mol. The molecule has 0 bridgehead atoms. The zero-order chi connectivity index (χ0) is 12.8. The average molecular weight is 265 g/mol. The molecule has 0 heterocycles. The molecule has 2 fully saturated rings. The number of nitrogens with two attached hydrogens (primary N) is 1. The monoisotopic (exact) mass is 264 g/mol. The Morgan fingerprint density at radius 3 is 2.72 bits per heavy atom. The highest BCUT2D eigenvalue weighted by Gasteiger charge is 2.53. The van der Waals surface area contributed by atoms with E-state index < -0.39 is 0 Å². The minimum absolute atomic E-state index is 0.0870. The number of carbonyl (C=O) groups excluding carboxylic acids is 1. The van der Waals surface area contributed by atoms with Crippen molar-refractivity contribution in [1.82, 2.24) is 5.32 Å². The number of anilines is 1. The van der Waals surface area contributed by atoms with E-state index in [0.29, 0.717) is 21.7 Å². The molecule has 18 heavy (non-hydrogen) atoms. The van der Waals surface area contributed by atoms with Gasteiger partial charge in [-0.05, 0) is 55.2 Å². The molecule has 2 saturated carbocycles. The Labute approximate surface area is 112 Å². The average Bonchev–Trinajstić information content (AvgIpc) is 3.17. The van der Waals surface area contributed by atoms with Crippen LogP contribution in [0.3, 0.4) is 0 Å². The molecule has 1 aromatic carbocycles. The van der Waals surface area contributed by atoms with E-state index in [1.165, 1.54) is 25.7 Å². The summed E-state index contributed by atoms with van der Waals surface area (Å²) in [5.41, 5.74) is 7.18. The first kappa shape index (κ1) is 11.8. The number of hydrogen-bond donors (Lipinski definition) is 2. The Kier molecular flexibility index (Phi) is 2.74. The van der Waals surface area contributed by atoms with E-state index in [2.05, 4.69) is 5.32 Å². The van der Waals surface area contributed by atoms with Crippen molar-refractivity contribution in [3.8, 4) is 0 Å². The summed E-state index contributed by atoms with van der Waals surface area (Å²) in [5, 5.41) is 3.58. The molecule has 0 atom stereocenters. The number of benzene rings is 1. The van der Waals surface area contributed by atoms with E-state index in [0.717, 1.165) is 12.5 Å². The van der Waals surface area contributed by atoms with Gasteiger partial charge in [-0.3, -0.25) is 4.79 Å². The first-order valence-electron chi connectivity index (χ1n) is 6.44. The zero-order valence-electron chi connectivity index (χ0n) is 10.2.